The highest BCUT2D eigenvalue weighted by molar-refractivity contribution is 7.90. The zero-order valence-corrected chi connectivity index (χ0v) is 11.8. The Bertz CT molecular complexity index is 1050. The van der Waals surface area contributed by atoms with Crippen molar-refractivity contribution in [2.75, 3.05) is 0 Å². The Kier molecular flexibility index (Phi) is 2.96. The van der Waals surface area contributed by atoms with Crippen LogP contribution in [0.15, 0.2) is 45.1 Å². The van der Waals surface area contributed by atoms with Gasteiger partial charge < -0.3 is 0 Å². The Morgan fingerprint density at radius 1 is 1.10 bits per heavy atom. The predicted molar refractivity (Wildman–Crippen MR) is 75.0 cm³/mol. The van der Waals surface area contributed by atoms with Crippen molar-refractivity contribution in [1.29, 1.82) is 0 Å². The first-order chi connectivity index (χ1) is 9.89. The van der Waals surface area contributed by atoms with Crippen molar-refractivity contribution in [2.24, 2.45) is 0 Å². The Morgan fingerprint density at radius 3 is 2.43 bits per heavy atom. The van der Waals surface area contributed by atoms with Gasteiger partial charge >= 0.3 is 5.69 Å². The quantitative estimate of drug-likeness (QED) is 0.702. The molecule has 2 heterocycles. The molecule has 10 heteroatoms. The van der Waals surface area contributed by atoms with Crippen molar-refractivity contribution in [3.8, 4) is 0 Å². The maximum absolute atomic E-state index is 12.5. The molecule has 2 aromatic heterocycles. The number of nitrogens with zero attached hydrogens (tertiary/aromatic N) is 2. The molecule has 0 aliphatic rings. The molecule has 0 saturated carbocycles. The van der Waals surface area contributed by atoms with Gasteiger partial charge in [0.1, 0.15) is 6.33 Å². The van der Waals surface area contributed by atoms with Gasteiger partial charge in [-0.1, -0.05) is 11.6 Å². The summed E-state index contributed by atoms with van der Waals surface area (Å²) in [6.45, 7) is 0. The van der Waals surface area contributed by atoms with Crippen molar-refractivity contribution in [1.82, 2.24) is 18.9 Å². The van der Waals surface area contributed by atoms with Crippen LogP contribution in [0.25, 0.3) is 11.2 Å². The maximum atomic E-state index is 12.5. The summed E-state index contributed by atoms with van der Waals surface area (Å²) in [5.41, 5.74) is -1.95. The zero-order valence-electron chi connectivity index (χ0n) is 10.2. The van der Waals surface area contributed by atoms with Crippen molar-refractivity contribution in [2.45, 2.75) is 4.90 Å². The Morgan fingerprint density at radius 2 is 1.76 bits per heavy atom. The van der Waals surface area contributed by atoms with E-state index < -0.39 is 21.3 Å². The summed E-state index contributed by atoms with van der Waals surface area (Å²) < 4.78 is 25.7. The van der Waals surface area contributed by atoms with Gasteiger partial charge in [0, 0.05) is 5.02 Å². The maximum Gasteiger partial charge on any atom is 0.327 e. The molecule has 3 rings (SSSR count). The first kappa shape index (κ1) is 13.6. The number of hydrogen-bond acceptors (Lipinski definition) is 5. The van der Waals surface area contributed by atoms with Crippen LogP contribution >= 0.6 is 11.6 Å². The third-order valence-corrected chi connectivity index (χ3v) is 4.70. The smallest absolute Gasteiger partial charge is 0.291 e. The van der Waals surface area contributed by atoms with E-state index in [1.165, 1.54) is 24.3 Å². The summed E-state index contributed by atoms with van der Waals surface area (Å²) in [5.74, 6) is 0. The minimum atomic E-state index is -4.00. The number of halogens is 1. The topological polar surface area (TPSA) is 118 Å². The lowest BCUT2D eigenvalue weighted by Crippen LogP contribution is -2.23. The number of hydrogen-bond donors (Lipinski definition) is 2. The van der Waals surface area contributed by atoms with Gasteiger partial charge in [0.15, 0.2) is 11.2 Å². The number of fused-ring (bicyclic) bond motifs is 1. The largest absolute Gasteiger partial charge is 0.327 e. The number of aromatic amines is 2. The molecular formula is C11H7ClN4O4S. The third kappa shape index (κ3) is 2.16. The van der Waals surface area contributed by atoms with Crippen LogP contribution in [0.3, 0.4) is 0 Å². The summed E-state index contributed by atoms with van der Waals surface area (Å²) >= 11 is 5.72. The van der Waals surface area contributed by atoms with E-state index in [1.807, 2.05) is 4.98 Å². The number of benzene rings is 1. The highest BCUT2D eigenvalue weighted by Gasteiger charge is 2.21. The van der Waals surface area contributed by atoms with Gasteiger partial charge in [-0.3, -0.25) is 14.8 Å². The number of aromatic nitrogens is 4. The lowest BCUT2D eigenvalue weighted by Gasteiger charge is -2.05. The van der Waals surface area contributed by atoms with E-state index in [0.717, 1.165) is 10.3 Å². The summed E-state index contributed by atoms with van der Waals surface area (Å²) in [5, 5.41) is 0.384. The van der Waals surface area contributed by atoms with E-state index in [9.17, 15) is 18.0 Å². The van der Waals surface area contributed by atoms with Gasteiger partial charge in [0.2, 0.25) is 0 Å². The molecule has 2 N–H and O–H groups in total. The van der Waals surface area contributed by atoms with Gasteiger partial charge in [-0.05, 0) is 24.3 Å². The second-order valence-electron chi connectivity index (χ2n) is 4.10. The molecule has 0 spiro atoms. The van der Waals surface area contributed by atoms with Crippen LogP contribution in [0.5, 0.6) is 0 Å². The van der Waals surface area contributed by atoms with Gasteiger partial charge in [-0.25, -0.2) is 22.2 Å². The number of rotatable bonds is 2. The van der Waals surface area contributed by atoms with Crippen molar-refractivity contribution >= 4 is 32.8 Å². The summed E-state index contributed by atoms with van der Waals surface area (Å²) in [4.78, 5) is 30.7. The highest BCUT2D eigenvalue weighted by Crippen LogP contribution is 2.19. The van der Waals surface area contributed by atoms with Crippen LogP contribution in [-0.4, -0.2) is 27.3 Å². The second-order valence-corrected chi connectivity index (χ2v) is 6.36. The molecule has 108 valence electrons. The molecule has 0 unspecified atom stereocenters. The fourth-order valence-electron chi connectivity index (χ4n) is 1.82. The lowest BCUT2D eigenvalue weighted by atomic mass is 10.4. The fourth-order valence-corrected chi connectivity index (χ4v) is 3.19. The third-order valence-electron chi connectivity index (χ3n) is 2.78. The van der Waals surface area contributed by atoms with E-state index >= 15 is 0 Å². The number of H-pyrrole nitrogens is 2. The van der Waals surface area contributed by atoms with Crippen molar-refractivity contribution < 1.29 is 8.42 Å². The van der Waals surface area contributed by atoms with Gasteiger partial charge in [0.25, 0.3) is 15.6 Å². The fraction of sp³-hybridized carbons (Fsp3) is 0. The summed E-state index contributed by atoms with van der Waals surface area (Å²) in [7, 11) is -4.00. The van der Waals surface area contributed by atoms with Crippen molar-refractivity contribution in [3.63, 3.8) is 0 Å². The molecule has 1 aromatic carbocycles. The molecule has 0 amide bonds. The Hall–Kier alpha value is -2.39. The molecule has 0 aliphatic heterocycles. The van der Waals surface area contributed by atoms with Gasteiger partial charge in [-0.15, -0.1) is 0 Å². The summed E-state index contributed by atoms with van der Waals surface area (Å²) in [6.07, 6.45) is 0.958. The Labute approximate surface area is 122 Å². The molecule has 3 aromatic rings. The number of nitrogens with one attached hydrogen (secondary N) is 2. The SMILES string of the molecule is O=c1[nH]c(=O)c2ncn(S(=O)(=O)c3ccc(Cl)cc3)c2[nH]1. The molecule has 0 saturated heterocycles. The van der Waals surface area contributed by atoms with Crippen LogP contribution in [-0.2, 0) is 10.0 Å². The highest BCUT2D eigenvalue weighted by atomic mass is 35.5. The Balaban J connectivity index is 2.32. The van der Waals surface area contributed by atoms with Crippen LogP contribution in [0, 0.1) is 0 Å². The molecule has 21 heavy (non-hydrogen) atoms. The minimum absolute atomic E-state index is 0.0488. The molecule has 0 atom stereocenters. The molecule has 0 aliphatic carbocycles. The summed E-state index contributed by atoms with van der Waals surface area (Å²) in [6, 6.07) is 5.47. The van der Waals surface area contributed by atoms with Crippen LogP contribution in [0.4, 0.5) is 0 Å². The average Bonchev–Trinajstić information content (AvgIpc) is 2.83. The van der Waals surface area contributed by atoms with Crippen LogP contribution in [0.2, 0.25) is 5.02 Å². The van der Waals surface area contributed by atoms with E-state index in [-0.39, 0.29) is 16.1 Å². The van der Waals surface area contributed by atoms with Crippen molar-refractivity contribution in [3.05, 3.63) is 56.5 Å². The molecule has 8 nitrogen and oxygen atoms in total. The first-order valence-corrected chi connectivity index (χ1v) is 7.42. The van der Waals surface area contributed by atoms with E-state index in [4.69, 9.17) is 11.6 Å². The molecule has 0 bridgehead atoms. The average molecular weight is 327 g/mol. The van der Waals surface area contributed by atoms with Crippen LogP contribution in [0.1, 0.15) is 0 Å². The molecule has 0 fully saturated rings. The molecular weight excluding hydrogens is 320 g/mol. The predicted octanol–water partition coefficient (Wildman–Crippen LogP) is 0.303. The monoisotopic (exact) mass is 326 g/mol. The van der Waals surface area contributed by atoms with Gasteiger partial charge in [0.05, 0.1) is 4.90 Å². The first-order valence-electron chi connectivity index (χ1n) is 5.60. The standard InChI is InChI=1S/C11H7ClN4O4S/c12-6-1-3-7(4-2-6)21(19,20)16-5-13-8-9(16)14-11(18)15-10(8)17/h1-5H,(H2,14,15,17,18). The van der Waals surface area contributed by atoms with E-state index in [2.05, 4.69) is 9.97 Å². The second kappa shape index (κ2) is 4.57. The van der Waals surface area contributed by atoms with Gasteiger partial charge in [-0.2, -0.15) is 0 Å². The lowest BCUT2D eigenvalue weighted by molar-refractivity contribution is 0.588. The molecule has 0 radical (unpaired) electrons. The van der Waals surface area contributed by atoms with E-state index in [1.54, 1.807) is 0 Å². The normalized spacial score (nSPS) is 11.9. The van der Waals surface area contributed by atoms with Crippen LogP contribution < -0.4 is 11.2 Å². The van der Waals surface area contributed by atoms with E-state index in [0.29, 0.717) is 5.02 Å². The zero-order chi connectivity index (χ0) is 15.2. The number of imidazole rings is 1. The minimum Gasteiger partial charge on any atom is -0.291 e.